The van der Waals surface area contributed by atoms with Gasteiger partial charge >= 0.3 is 0 Å². The molecular weight excluding hydrogens is 188 g/mol. The van der Waals surface area contributed by atoms with E-state index in [0.717, 1.165) is 24.3 Å². The van der Waals surface area contributed by atoms with Crippen LogP contribution in [0.1, 0.15) is 23.8 Å². The molecule has 0 bridgehead atoms. The summed E-state index contributed by atoms with van der Waals surface area (Å²) in [6.45, 7) is 0. The van der Waals surface area contributed by atoms with E-state index in [1.807, 2.05) is 18.2 Å². The van der Waals surface area contributed by atoms with Crippen LogP contribution >= 0.6 is 0 Å². The monoisotopic (exact) mass is 200 g/mol. The fourth-order valence-corrected chi connectivity index (χ4v) is 1.99. The van der Waals surface area contributed by atoms with Crippen LogP contribution < -0.4 is 4.74 Å². The van der Waals surface area contributed by atoms with Crippen LogP contribution in [0.5, 0.6) is 5.75 Å². The summed E-state index contributed by atoms with van der Waals surface area (Å²) in [7, 11) is 0. The van der Waals surface area contributed by atoms with Gasteiger partial charge in [-0.25, -0.2) is 0 Å². The molecule has 0 fully saturated rings. The Morgan fingerprint density at radius 3 is 3.07 bits per heavy atom. The second-order valence-electron chi connectivity index (χ2n) is 3.76. The van der Waals surface area contributed by atoms with Crippen molar-refractivity contribution < 1.29 is 4.74 Å². The SMILES string of the molecule is c1ccc2c(c1)CCC(c1ccn[nH]1)O2. The van der Waals surface area contributed by atoms with Crippen molar-refractivity contribution in [1.82, 2.24) is 10.2 Å². The maximum Gasteiger partial charge on any atom is 0.140 e. The van der Waals surface area contributed by atoms with Gasteiger partial charge in [-0.3, -0.25) is 5.10 Å². The third kappa shape index (κ3) is 1.50. The van der Waals surface area contributed by atoms with Crippen LogP contribution in [0.3, 0.4) is 0 Å². The average molecular weight is 200 g/mol. The highest BCUT2D eigenvalue weighted by molar-refractivity contribution is 5.35. The van der Waals surface area contributed by atoms with E-state index in [-0.39, 0.29) is 6.10 Å². The summed E-state index contributed by atoms with van der Waals surface area (Å²) >= 11 is 0. The zero-order valence-electron chi connectivity index (χ0n) is 8.31. The second kappa shape index (κ2) is 3.42. The Hall–Kier alpha value is -1.77. The van der Waals surface area contributed by atoms with Crippen molar-refractivity contribution in [3.8, 4) is 5.75 Å². The van der Waals surface area contributed by atoms with Gasteiger partial charge in [0, 0.05) is 6.20 Å². The normalized spacial score (nSPS) is 19.3. The summed E-state index contributed by atoms with van der Waals surface area (Å²) < 4.78 is 5.91. The first-order valence-corrected chi connectivity index (χ1v) is 5.17. The fraction of sp³-hybridized carbons (Fsp3) is 0.250. The maximum atomic E-state index is 5.91. The lowest BCUT2D eigenvalue weighted by atomic mass is 10.0. The smallest absolute Gasteiger partial charge is 0.140 e. The lowest BCUT2D eigenvalue weighted by Gasteiger charge is -2.24. The van der Waals surface area contributed by atoms with Crippen LogP contribution in [0.4, 0.5) is 0 Å². The van der Waals surface area contributed by atoms with Crippen molar-refractivity contribution in [3.05, 3.63) is 47.8 Å². The van der Waals surface area contributed by atoms with Crippen molar-refractivity contribution in [2.45, 2.75) is 18.9 Å². The third-order valence-electron chi connectivity index (χ3n) is 2.79. The highest BCUT2D eigenvalue weighted by atomic mass is 16.5. The summed E-state index contributed by atoms with van der Waals surface area (Å²) in [6.07, 6.45) is 3.97. The fourth-order valence-electron chi connectivity index (χ4n) is 1.99. The van der Waals surface area contributed by atoms with Crippen molar-refractivity contribution >= 4 is 0 Å². The van der Waals surface area contributed by atoms with Crippen molar-refractivity contribution in [2.75, 3.05) is 0 Å². The van der Waals surface area contributed by atoms with E-state index in [1.165, 1.54) is 5.56 Å². The Bertz CT molecular complexity index is 450. The molecular formula is C12H12N2O. The van der Waals surface area contributed by atoms with Gasteiger partial charge in [0.05, 0.1) is 5.69 Å². The van der Waals surface area contributed by atoms with E-state index in [9.17, 15) is 0 Å². The number of nitrogens with one attached hydrogen (secondary N) is 1. The number of aromatic nitrogens is 2. The van der Waals surface area contributed by atoms with Gasteiger partial charge in [-0.2, -0.15) is 5.10 Å². The van der Waals surface area contributed by atoms with Crippen LogP contribution in [0.15, 0.2) is 36.5 Å². The van der Waals surface area contributed by atoms with Crippen LogP contribution in [0, 0.1) is 0 Å². The Labute approximate surface area is 88.1 Å². The van der Waals surface area contributed by atoms with Crippen LogP contribution in [0.2, 0.25) is 0 Å². The number of para-hydroxylation sites is 1. The Kier molecular flexibility index (Phi) is 1.95. The van der Waals surface area contributed by atoms with Gasteiger partial charge < -0.3 is 4.74 Å². The average Bonchev–Trinajstić information content (AvgIpc) is 2.82. The molecule has 1 unspecified atom stereocenters. The van der Waals surface area contributed by atoms with Gasteiger partial charge in [0.15, 0.2) is 0 Å². The Morgan fingerprint density at radius 1 is 1.27 bits per heavy atom. The van der Waals surface area contributed by atoms with E-state index in [1.54, 1.807) is 6.20 Å². The van der Waals surface area contributed by atoms with Gasteiger partial charge in [-0.05, 0) is 30.5 Å². The van der Waals surface area contributed by atoms with Gasteiger partial charge in [0.1, 0.15) is 11.9 Å². The first kappa shape index (κ1) is 8.53. The van der Waals surface area contributed by atoms with Crippen LogP contribution in [0.25, 0.3) is 0 Å². The standard InChI is InChI=1S/C12H12N2O/c1-2-4-11-9(3-1)5-6-12(15-11)10-7-8-13-14-10/h1-4,7-8,12H,5-6H2,(H,13,14). The van der Waals surface area contributed by atoms with Gasteiger partial charge in [-0.1, -0.05) is 18.2 Å². The summed E-state index contributed by atoms with van der Waals surface area (Å²) in [5.41, 5.74) is 2.36. The predicted molar refractivity (Wildman–Crippen MR) is 56.7 cm³/mol. The van der Waals surface area contributed by atoms with Gasteiger partial charge in [-0.15, -0.1) is 0 Å². The molecule has 1 aliphatic rings. The highest BCUT2D eigenvalue weighted by Gasteiger charge is 2.21. The number of hydrogen-bond acceptors (Lipinski definition) is 2. The van der Waals surface area contributed by atoms with Crippen LogP contribution in [-0.4, -0.2) is 10.2 Å². The number of rotatable bonds is 1. The lowest BCUT2D eigenvalue weighted by Crippen LogP contribution is -2.15. The molecule has 0 amide bonds. The quantitative estimate of drug-likeness (QED) is 0.767. The van der Waals surface area contributed by atoms with Crippen LogP contribution in [-0.2, 0) is 6.42 Å². The third-order valence-corrected chi connectivity index (χ3v) is 2.79. The highest BCUT2D eigenvalue weighted by Crippen LogP contribution is 2.33. The topological polar surface area (TPSA) is 37.9 Å². The van der Waals surface area contributed by atoms with E-state index in [2.05, 4.69) is 22.3 Å². The zero-order chi connectivity index (χ0) is 10.1. The molecule has 3 rings (SSSR count). The number of fused-ring (bicyclic) bond motifs is 1. The molecule has 0 saturated heterocycles. The molecule has 1 aromatic heterocycles. The number of H-pyrrole nitrogens is 1. The van der Waals surface area contributed by atoms with Crippen molar-refractivity contribution in [1.29, 1.82) is 0 Å². The minimum Gasteiger partial charge on any atom is -0.484 e. The molecule has 76 valence electrons. The molecule has 0 spiro atoms. The van der Waals surface area contributed by atoms with Gasteiger partial charge in [0.2, 0.25) is 0 Å². The largest absolute Gasteiger partial charge is 0.484 e. The number of ether oxygens (including phenoxy) is 1. The minimum atomic E-state index is 0.127. The van der Waals surface area contributed by atoms with Crippen molar-refractivity contribution in [3.63, 3.8) is 0 Å². The Morgan fingerprint density at radius 2 is 2.20 bits per heavy atom. The minimum absolute atomic E-state index is 0.127. The molecule has 3 nitrogen and oxygen atoms in total. The predicted octanol–water partition coefficient (Wildman–Crippen LogP) is 2.48. The first-order valence-electron chi connectivity index (χ1n) is 5.17. The molecule has 15 heavy (non-hydrogen) atoms. The molecule has 0 radical (unpaired) electrons. The van der Waals surface area contributed by atoms with Crippen molar-refractivity contribution in [2.24, 2.45) is 0 Å². The molecule has 1 aliphatic heterocycles. The molecule has 3 heteroatoms. The maximum absolute atomic E-state index is 5.91. The summed E-state index contributed by atoms with van der Waals surface area (Å²) in [5, 5.41) is 6.91. The molecule has 1 N–H and O–H groups in total. The molecule has 2 heterocycles. The molecule has 1 atom stereocenters. The summed E-state index contributed by atoms with van der Waals surface area (Å²) in [6, 6.07) is 10.2. The summed E-state index contributed by atoms with van der Waals surface area (Å²) in [5.74, 6) is 1.00. The van der Waals surface area contributed by atoms with E-state index in [0.29, 0.717) is 0 Å². The summed E-state index contributed by atoms with van der Waals surface area (Å²) in [4.78, 5) is 0. The number of benzene rings is 1. The molecule has 0 saturated carbocycles. The second-order valence-corrected chi connectivity index (χ2v) is 3.76. The number of hydrogen-bond donors (Lipinski definition) is 1. The van der Waals surface area contributed by atoms with E-state index < -0.39 is 0 Å². The zero-order valence-corrected chi connectivity index (χ0v) is 8.31. The Balaban J connectivity index is 1.89. The number of nitrogens with zero attached hydrogens (tertiary/aromatic N) is 1. The van der Waals surface area contributed by atoms with E-state index in [4.69, 9.17) is 4.74 Å². The lowest BCUT2D eigenvalue weighted by molar-refractivity contribution is 0.172. The van der Waals surface area contributed by atoms with E-state index >= 15 is 0 Å². The van der Waals surface area contributed by atoms with Gasteiger partial charge in [0.25, 0.3) is 0 Å². The number of aryl methyl sites for hydroxylation is 1. The molecule has 0 aliphatic carbocycles. The molecule has 2 aromatic rings. The number of aromatic amines is 1. The molecule has 1 aromatic carbocycles. The first-order chi connectivity index (χ1) is 7.43.